The number of urea groups is 1. The summed E-state index contributed by atoms with van der Waals surface area (Å²) in [4.78, 5) is 11.5. The monoisotopic (exact) mass is 290 g/mol. The zero-order valence-electron chi connectivity index (χ0n) is 10.3. The van der Waals surface area contributed by atoms with Crippen molar-refractivity contribution in [3.63, 3.8) is 0 Å². The summed E-state index contributed by atoms with van der Waals surface area (Å²) in [5, 5.41) is 14.2. The van der Waals surface area contributed by atoms with Crippen molar-refractivity contribution in [1.82, 2.24) is 5.32 Å². The highest BCUT2D eigenvalue weighted by molar-refractivity contribution is 5.89. The molecule has 8 heteroatoms. The molecule has 0 atom stereocenters. The topological polar surface area (TPSA) is 70.6 Å². The molecule has 110 valence electrons. The number of hydrogen-bond donors (Lipinski definition) is 3. The van der Waals surface area contributed by atoms with Crippen molar-refractivity contribution in [2.75, 3.05) is 5.32 Å². The highest BCUT2D eigenvalue weighted by atomic mass is 19.4. The van der Waals surface area contributed by atoms with E-state index in [1.807, 2.05) is 0 Å². The Hall–Kier alpha value is -1.96. The van der Waals surface area contributed by atoms with Crippen molar-refractivity contribution in [3.8, 4) is 5.75 Å². The second-order valence-corrected chi connectivity index (χ2v) is 4.49. The molecule has 1 saturated carbocycles. The number of alkyl halides is 3. The molecule has 1 aromatic rings. The smallest absolute Gasteiger partial charge is 0.406 e. The summed E-state index contributed by atoms with van der Waals surface area (Å²) in [6, 6.07) is 4.28. The minimum atomic E-state index is -4.74. The largest absolute Gasteiger partial charge is 0.573 e. The Balaban J connectivity index is 1.82. The molecule has 2 rings (SSSR count). The third-order valence-electron chi connectivity index (χ3n) is 2.79. The van der Waals surface area contributed by atoms with E-state index >= 15 is 0 Å². The number of nitrogens with one attached hydrogen (secondary N) is 2. The molecule has 5 nitrogen and oxygen atoms in total. The first-order chi connectivity index (χ1) is 9.32. The highest BCUT2D eigenvalue weighted by Gasteiger charge is 2.31. The SMILES string of the molecule is O=C(Nc1ccc(OC(F)(F)F)cc1)NC1CC(O)C1. The maximum Gasteiger partial charge on any atom is 0.573 e. The van der Waals surface area contributed by atoms with E-state index in [9.17, 15) is 18.0 Å². The molecular weight excluding hydrogens is 277 g/mol. The van der Waals surface area contributed by atoms with Crippen LogP contribution in [0.15, 0.2) is 24.3 Å². The zero-order valence-corrected chi connectivity index (χ0v) is 10.3. The van der Waals surface area contributed by atoms with Crippen LogP contribution in [0, 0.1) is 0 Å². The lowest BCUT2D eigenvalue weighted by molar-refractivity contribution is -0.274. The molecule has 20 heavy (non-hydrogen) atoms. The Morgan fingerprint density at radius 2 is 1.85 bits per heavy atom. The fourth-order valence-corrected chi connectivity index (χ4v) is 1.80. The number of hydrogen-bond acceptors (Lipinski definition) is 3. The summed E-state index contributed by atoms with van der Waals surface area (Å²) >= 11 is 0. The summed E-state index contributed by atoms with van der Waals surface area (Å²) in [6.45, 7) is 0. The molecule has 0 aromatic heterocycles. The van der Waals surface area contributed by atoms with Gasteiger partial charge < -0.3 is 20.5 Å². The van der Waals surface area contributed by atoms with Crippen LogP contribution < -0.4 is 15.4 Å². The van der Waals surface area contributed by atoms with Crippen molar-refractivity contribution in [2.24, 2.45) is 0 Å². The van der Waals surface area contributed by atoms with E-state index < -0.39 is 12.4 Å². The van der Waals surface area contributed by atoms with Crippen molar-refractivity contribution in [2.45, 2.75) is 31.3 Å². The first kappa shape index (κ1) is 14.4. The van der Waals surface area contributed by atoms with Gasteiger partial charge in [0.15, 0.2) is 0 Å². The Morgan fingerprint density at radius 3 is 2.35 bits per heavy atom. The summed E-state index contributed by atoms with van der Waals surface area (Å²) in [7, 11) is 0. The maximum absolute atomic E-state index is 12.0. The van der Waals surface area contributed by atoms with Crippen molar-refractivity contribution in [3.05, 3.63) is 24.3 Å². The Bertz CT molecular complexity index is 470. The van der Waals surface area contributed by atoms with E-state index in [1.165, 1.54) is 12.1 Å². The molecule has 2 amide bonds. The van der Waals surface area contributed by atoms with Gasteiger partial charge in [0.2, 0.25) is 0 Å². The highest BCUT2D eigenvalue weighted by Crippen LogP contribution is 2.24. The maximum atomic E-state index is 12.0. The molecular formula is C12H13F3N2O3. The summed E-state index contributed by atoms with van der Waals surface area (Å²) < 4.78 is 39.6. The number of carbonyl (C=O) groups is 1. The number of aliphatic hydroxyl groups is 1. The number of carbonyl (C=O) groups excluding carboxylic acids is 1. The van der Waals surface area contributed by atoms with Crippen molar-refractivity contribution < 1.29 is 27.8 Å². The molecule has 0 aliphatic heterocycles. The number of amides is 2. The second kappa shape index (κ2) is 5.58. The first-order valence-electron chi connectivity index (χ1n) is 5.93. The number of benzene rings is 1. The van der Waals surface area contributed by atoms with Gasteiger partial charge in [-0.25, -0.2) is 4.79 Å². The lowest BCUT2D eigenvalue weighted by atomic mass is 9.90. The van der Waals surface area contributed by atoms with Gasteiger partial charge in [0.25, 0.3) is 0 Å². The molecule has 0 saturated heterocycles. The summed E-state index contributed by atoms with van der Waals surface area (Å²) in [5.41, 5.74) is 0.344. The van der Waals surface area contributed by atoms with Gasteiger partial charge in [0.1, 0.15) is 5.75 Å². The van der Waals surface area contributed by atoms with Gasteiger partial charge in [0, 0.05) is 11.7 Å². The third-order valence-corrected chi connectivity index (χ3v) is 2.79. The summed E-state index contributed by atoms with van der Waals surface area (Å²) in [6.07, 6.45) is -4.10. The molecule has 1 fully saturated rings. The van der Waals surface area contributed by atoms with E-state index in [0.717, 1.165) is 12.1 Å². The van der Waals surface area contributed by atoms with Crippen LogP contribution in [-0.4, -0.2) is 29.6 Å². The fraction of sp³-hybridized carbons (Fsp3) is 0.417. The van der Waals surface area contributed by atoms with E-state index in [-0.39, 0.29) is 17.9 Å². The Morgan fingerprint density at radius 1 is 1.25 bits per heavy atom. The average molecular weight is 290 g/mol. The predicted molar refractivity (Wildman–Crippen MR) is 64.3 cm³/mol. The quantitative estimate of drug-likeness (QED) is 0.799. The van der Waals surface area contributed by atoms with Crippen LogP contribution in [-0.2, 0) is 0 Å². The predicted octanol–water partition coefficient (Wildman–Crippen LogP) is 2.23. The average Bonchev–Trinajstić information content (AvgIpc) is 2.28. The number of ether oxygens (including phenoxy) is 1. The Labute approximate surface area is 112 Å². The summed E-state index contributed by atoms with van der Waals surface area (Å²) in [5.74, 6) is -0.356. The van der Waals surface area contributed by atoms with Crippen LogP contribution in [0.4, 0.5) is 23.7 Å². The molecule has 1 aromatic carbocycles. The van der Waals surface area contributed by atoms with Crippen LogP contribution in [0.1, 0.15) is 12.8 Å². The van der Waals surface area contributed by atoms with Crippen LogP contribution in [0.2, 0.25) is 0 Å². The normalized spacial score (nSPS) is 21.8. The molecule has 0 bridgehead atoms. The molecule has 0 spiro atoms. The lowest BCUT2D eigenvalue weighted by Crippen LogP contribution is -2.48. The minimum absolute atomic E-state index is 0.0714. The molecule has 0 unspecified atom stereocenters. The van der Waals surface area contributed by atoms with Crippen LogP contribution in [0.25, 0.3) is 0 Å². The second-order valence-electron chi connectivity index (χ2n) is 4.49. The molecule has 0 radical (unpaired) electrons. The van der Waals surface area contributed by atoms with Gasteiger partial charge in [-0.1, -0.05) is 0 Å². The molecule has 1 aliphatic carbocycles. The minimum Gasteiger partial charge on any atom is -0.406 e. The molecule has 1 aliphatic rings. The van der Waals surface area contributed by atoms with Gasteiger partial charge in [-0.2, -0.15) is 0 Å². The van der Waals surface area contributed by atoms with Crippen molar-refractivity contribution in [1.29, 1.82) is 0 Å². The van der Waals surface area contributed by atoms with Gasteiger partial charge in [0.05, 0.1) is 6.10 Å². The van der Waals surface area contributed by atoms with Crippen LogP contribution >= 0.6 is 0 Å². The number of halogens is 3. The fourth-order valence-electron chi connectivity index (χ4n) is 1.80. The van der Waals surface area contributed by atoms with Gasteiger partial charge in [-0.15, -0.1) is 13.2 Å². The van der Waals surface area contributed by atoms with Gasteiger partial charge in [-0.05, 0) is 37.1 Å². The van der Waals surface area contributed by atoms with E-state index in [0.29, 0.717) is 18.5 Å². The van der Waals surface area contributed by atoms with E-state index in [2.05, 4.69) is 15.4 Å². The molecule has 3 N–H and O–H groups in total. The molecule has 0 heterocycles. The number of anilines is 1. The van der Waals surface area contributed by atoms with E-state index in [1.54, 1.807) is 0 Å². The van der Waals surface area contributed by atoms with Crippen LogP contribution in [0.3, 0.4) is 0 Å². The third kappa shape index (κ3) is 4.30. The standard InChI is InChI=1S/C12H13F3N2O3/c13-12(14,15)20-10-3-1-7(2-4-10)16-11(19)17-8-5-9(18)6-8/h1-4,8-9,18H,5-6H2,(H2,16,17,19). The van der Waals surface area contributed by atoms with Crippen molar-refractivity contribution >= 4 is 11.7 Å². The lowest BCUT2D eigenvalue weighted by Gasteiger charge is -2.31. The van der Waals surface area contributed by atoms with Gasteiger partial charge in [-0.3, -0.25) is 0 Å². The zero-order chi connectivity index (χ0) is 14.8. The van der Waals surface area contributed by atoms with E-state index in [4.69, 9.17) is 5.11 Å². The van der Waals surface area contributed by atoms with Crippen LogP contribution in [0.5, 0.6) is 5.75 Å². The first-order valence-corrected chi connectivity index (χ1v) is 5.93. The number of rotatable bonds is 3. The van der Waals surface area contributed by atoms with Gasteiger partial charge >= 0.3 is 12.4 Å². The number of aliphatic hydroxyl groups excluding tert-OH is 1. The Kier molecular flexibility index (Phi) is 4.03.